The Labute approximate surface area is 116 Å². The fraction of sp³-hybridized carbons (Fsp3) is 0.625. The fourth-order valence-electron chi connectivity index (χ4n) is 2.48. The average Bonchev–Trinajstić information content (AvgIpc) is 2.70. The number of rotatable bonds is 6. The third-order valence-electron chi connectivity index (χ3n) is 3.57. The van der Waals surface area contributed by atoms with Gasteiger partial charge < -0.3 is 10.1 Å². The summed E-state index contributed by atoms with van der Waals surface area (Å²) in [6.45, 7) is 9.31. The quantitative estimate of drug-likeness (QED) is 0.797. The van der Waals surface area contributed by atoms with Gasteiger partial charge in [0, 0.05) is 32.8 Å². The summed E-state index contributed by atoms with van der Waals surface area (Å²) in [4.78, 5) is 2.51. The molecule has 1 aromatic rings. The van der Waals surface area contributed by atoms with Crippen LogP contribution in [0.3, 0.4) is 0 Å². The molecule has 1 aromatic carbocycles. The van der Waals surface area contributed by atoms with E-state index >= 15 is 0 Å². The first kappa shape index (κ1) is 14.5. The minimum absolute atomic E-state index is 0.871. The molecule has 1 fully saturated rings. The molecule has 0 aliphatic carbocycles. The van der Waals surface area contributed by atoms with E-state index in [0.717, 1.165) is 52.4 Å². The maximum atomic E-state index is 5.52. The van der Waals surface area contributed by atoms with Crippen molar-refractivity contribution in [3.8, 4) is 0 Å². The van der Waals surface area contributed by atoms with Crippen LogP contribution < -0.4 is 5.32 Å². The zero-order valence-electron chi connectivity index (χ0n) is 12.0. The van der Waals surface area contributed by atoms with Gasteiger partial charge >= 0.3 is 0 Å². The third-order valence-corrected chi connectivity index (χ3v) is 3.57. The van der Waals surface area contributed by atoms with Crippen molar-refractivity contribution in [3.63, 3.8) is 0 Å². The van der Waals surface area contributed by atoms with Crippen LogP contribution in [0.2, 0.25) is 0 Å². The van der Waals surface area contributed by atoms with Crippen LogP contribution in [-0.4, -0.2) is 37.7 Å². The molecule has 19 heavy (non-hydrogen) atoms. The zero-order chi connectivity index (χ0) is 13.3. The van der Waals surface area contributed by atoms with Gasteiger partial charge in [0.2, 0.25) is 0 Å². The second kappa shape index (κ2) is 8.31. The summed E-state index contributed by atoms with van der Waals surface area (Å²) in [5, 5.41) is 3.50. The second-order valence-electron chi connectivity index (χ2n) is 5.19. The van der Waals surface area contributed by atoms with Crippen LogP contribution in [0.5, 0.6) is 0 Å². The zero-order valence-corrected chi connectivity index (χ0v) is 12.0. The van der Waals surface area contributed by atoms with Gasteiger partial charge in [-0.25, -0.2) is 0 Å². The Morgan fingerprint density at radius 3 is 2.84 bits per heavy atom. The third kappa shape index (κ3) is 4.94. The van der Waals surface area contributed by atoms with Crippen LogP contribution in [0.25, 0.3) is 0 Å². The minimum atomic E-state index is 0.871. The first-order valence-electron chi connectivity index (χ1n) is 7.47. The van der Waals surface area contributed by atoms with Gasteiger partial charge in [0.15, 0.2) is 0 Å². The Morgan fingerprint density at radius 1 is 1.16 bits per heavy atom. The molecule has 0 bridgehead atoms. The summed E-state index contributed by atoms with van der Waals surface area (Å²) < 4.78 is 5.52. The molecule has 106 valence electrons. The van der Waals surface area contributed by atoms with E-state index in [2.05, 4.69) is 41.4 Å². The molecule has 0 atom stereocenters. The standard InChI is InChI=1S/C16H26N2O/c1-2-8-17-13-15-6-3-4-7-16(15)14-18-9-5-11-19-12-10-18/h3-4,6-7,17H,2,5,8-14H2,1H3. The van der Waals surface area contributed by atoms with Crippen LogP contribution in [0.1, 0.15) is 30.9 Å². The minimum Gasteiger partial charge on any atom is -0.380 e. The molecular formula is C16H26N2O. The molecule has 1 aliphatic rings. The van der Waals surface area contributed by atoms with Crippen LogP contribution in [0.15, 0.2) is 24.3 Å². The summed E-state index contributed by atoms with van der Waals surface area (Å²) in [5.74, 6) is 0. The Bertz CT molecular complexity index is 360. The predicted molar refractivity (Wildman–Crippen MR) is 79.2 cm³/mol. The SMILES string of the molecule is CCCNCc1ccccc1CN1CCCOCC1. The molecule has 3 heteroatoms. The molecule has 0 saturated carbocycles. The predicted octanol–water partition coefficient (Wildman–Crippen LogP) is 2.41. The van der Waals surface area contributed by atoms with Gasteiger partial charge in [0.1, 0.15) is 0 Å². The summed E-state index contributed by atoms with van der Waals surface area (Å²) in [6.07, 6.45) is 2.34. The molecule has 1 heterocycles. The average molecular weight is 262 g/mol. The highest BCUT2D eigenvalue weighted by Crippen LogP contribution is 2.13. The Kier molecular flexibility index (Phi) is 6.34. The van der Waals surface area contributed by atoms with Crippen molar-refractivity contribution in [2.75, 3.05) is 32.8 Å². The molecule has 0 spiro atoms. The van der Waals surface area contributed by atoms with Crippen LogP contribution in [0, 0.1) is 0 Å². The van der Waals surface area contributed by atoms with E-state index in [4.69, 9.17) is 4.74 Å². The van der Waals surface area contributed by atoms with Crippen molar-refractivity contribution < 1.29 is 4.74 Å². The van der Waals surface area contributed by atoms with Gasteiger partial charge in [-0.2, -0.15) is 0 Å². The van der Waals surface area contributed by atoms with Crippen molar-refractivity contribution in [1.82, 2.24) is 10.2 Å². The lowest BCUT2D eigenvalue weighted by molar-refractivity contribution is 0.140. The van der Waals surface area contributed by atoms with E-state index in [1.54, 1.807) is 0 Å². The first-order chi connectivity index (χ1) is 9.40. The number of nitrogens with zero attached hydrogens (tertiary/aromatic N) is 1. The van der Waals surface area contributed by atoms with Crippen molar-refractivity contribution in [2.45, 2.75) is 32.9 Å². The lowest BCUT2D eigenvalue weighted by Gasteiger charge is -2.21. The van der Waals surface area contributed by atoms with Crippen molar-refractivity contribution in [3.05, 3.63) is 35.4 Å². The monoisotopic (exact) mass is 262 g/mol. The van der Waals surface area contributed by atoms with Crippen LogP contribution in [0.4, 0.5) is 0 Å². The van der Waals surface area contributed by atoms with Crippen LogP contribution >= 0.6 is 0 Å². The molecule has 1 saturated heterocycles. The molecule has 1 N–H and O–H groups in total. The Hall–Kier alpha value is -0.900. The normalized spacial score (nSPS) is 17.3. The first-order valence-corrected chi connectivity index (χ1v) is 7.47. The van der Waals surface area contributed by atoms with Crippen molar-refractivity contribution in [1.29, 1.82) is 0 Å². The number of hydrogen-bond acceptors (Lipinski definition) is 3. The second-order valence-corrected chi connectivity index (χ2v) is 5.19. The van der Waals surface area contributed by atoms with Crippen molar-refractivity contribution >= 4 is 0 Å². The maximum absolute atomic E-state index is 5.52. The maximum Gasteiger partial charge on any atom is 0.0593 e. The molecule has 3 nitrogen and oxygen atoms in total. The highest BCUT2D eigenvalue weighted by atomic mass is 16.5. The summed E-state index contributed by atoms with van der Waals surface area (Å²) >= 11 is 0. The van der Waals surface area contributed by atoms with Gasteiger partial charge in [-0.15, -0.1) is 0 Å². The van der Waals surface area contributed by atoms with Crippen LogP contribution in [-0.2, 0) is 17.8 Å². The fourth-order valence-corrected chi connectivity index (χ4v) is 2.48. The largest absolute Gasteiger partial charge is 0.380 e. The molecule has 1 aliphatic heterocycles. The van der Waals surface area contributed by atoms with E-state index in [1.807, 2.05) is 0 Å². The summed E-state index contributed by atoms with van der Waals surface area (Å²) in [6, 6.07) is 8.78. The van der Waals surface area contributed by atoms with Gasteiger partial charge in [0.05, 0.1) is 6.61 Å². The van der Waals surface area contributed by atoms with Gasteiger partial charge in [-0.05, 0) is 30.5 Å². The van der Waals surface area contributed by atoms with E-state index < -0.39 is 0 Å². The summed E-state index contributed by atoms with van der Waals surface area (Å²) in [7, 11) is 0. The number of ether oxygens (including phenoxy) is 1. The molecule has 0 unspecified atom stereocenters. The van der Waals surface area contributed by atoms with Crippen molar-refractivity contribution in [2.24, 2.45) is 0 Å². The van der Waals surface area contributed by atoms with E-state index in [1.165, 1.54) is 17.5 Å². The molecule has 0 aromatic heterocycles. The Morgan fingerprint density at radius 2 is 2.00 bits per heavy atom. The van der Waals surface area contributed by atoms with E-state index in [0.29, 0.717) is 0 Å². The van der Waals surface area contributed by atoms with Gasteiger partial charge in [-0.1, -0.05) is 31.2 Å². The number of hydrogen-bond donors (Lipinski definition) is 1. The molecule has 2 rings (SSSR count). The number of nitrogens with one attached hydrogen (secondary N) is 1. The lowest BCUT2D eigenvalue weighted by atomic mass is 10.1. The Balaban J connectivity index is 1.93. The topological polar surface area (TPSA) is 24.5 Å². The van der Waals surface area contributed by atoms with E-state index in [-0.39, 0.29) is 0 Å². The molecular weight excluding hydrogens is 236 g/mol. The number of benzene rings is 1. The lowest BCUT2D eigenvalue weighted by Crippen LogP contribution is -2.27. The molecule has 0 radical (unpaired) electrons. The van der Waals surface area contributed by atoms with E-state index in [9.17, 15) is 0 Å². The summed E-state index contributed by atoms with van der Waals surface area (Å²) in [5.41, 5.74) is 2.88. The highest BCUT2D eigenvalue weighted by molar-refractivity contribution is 5.27. The molecule has 0 amide bonds. The smallest absolute Gasteiger partial charge is 0.0593 e. The highest BCUT2D eigenvalue weighted by Gasteiger charge is 2.11. The van der Waals surface area contributed by atoms with Gasteiger partial charge in [0.25, 0.3) is 0 Å². The van der Waals surface area contributed by atoms with Gasteiger partial charge in [-0.3, -0.25) is 4.90 Å².